The Morgan fingerprint density at radius 2 is 1.79 bits per heavy atom. The monoisotopic (exact) mass is 341 g/mol. The Morgan fingerprint density at radius 1 is 1.04 bits per heavy atom. The van der Waals surface area contributed by atoms with Crippen LogP contribution in [0.3, 0.4) is 0 Å². The van der Waals surface area contributed by atoms with Crippen molar-refractivity contribution in [3.63, 3.8) is 0 Å². The lowest BCUT2D eigenvalue weighted by molar-refractivity contribution is 0.0977. The minimum Gasteiger partial charge on any atom is -0.298 e. The van der Waals surface area contributed by atoms with E-state index in [-0.39, 0.29) is 5.11 Å². The molecule has 1 amide bonds. The number of hydrogen-bond acceptors (Lipinski definition) is 5. The zero-order valence-corrected chi connectivity index (χ0v) is 13.1. The number of aromatic nitrogens is 2. The maximum Gasteiger partial charge on any atom is 0.257 e. The van der Waals surface area contributed by atoms with Crippen LogP contribution in [0.4, 0.5) is 10.2 Å². The standard InChI is InChI=1S/C16H12FN5OS/c17-11-7-5-10(6-8-11)15(23)20-16(24)22-21-14-12-3-1-2-4-13(12)18-9-19-14/h1-9H,(H,18,19,21)(H2,20,22,23,24). The van der Waals surface area contributed by atoms with Crippen LogP contribution in [0.25, 0.3) is 10.9 Å². The number of para-hydroxylation sites is 1. The summed E-state index contributed by atoms with van der Waals surface area (Å²) in [6, 6.07) is 12.6. The average Bonchev–Trinajstić information content (AvgIpc) is 2.60. The third-order valence-corrected chi connectivity index (χ3v) is 3.37. The van der Waals surface area contributed by atoms with Crippen LogP contribution in [0.1, 0.15) is 10.4 Å². The first-order chi connectivity index (χ1) is 11.6. The Bertz CT molecular complexity index is 895. The van der Waals surface area contributed by atoms with Gasteiger partial charge in [0.1, 0.15) is 12.1 Å². The summed E-state index contributed by atoms with van der Waals surface area (Å²) >= 11 is 5.05. The Balaban J connectivity index is 1.63. The van der Waals surface area contributed by atoms with E-state index in [1.54, 1.807) is 0 Å². The van der Waals surface area contributed by atoms with Gasteiger partial charge in [0.15, 0.2) is 10.9 Å². The van der Waals surface area contributed by atoms with Crippen LogP contribution >= 0.6 is 12.2 Å². The van der Waals surface area contributed by atoms with E-state index >= 15 is 0 Å². The molecule has 0 atom stereocenters. The quantitative estimate of drug-likeness (QED) is 0.501. The Labute approximate surface area is 142 Å². The molecule has 24 heavy (non-hydrogen) atoms. The van der Waals surface area contributed by atoms with E-state index in [0.29, 0.717) is 11.4 Å². The normalized spacial score (nSPS) is 10.2. The van der Waals surface area contributed by atoms with Crippen molar-refractivity contribution in [3.05, 3.63) is 66.2 Å². The van der Waals surface area contributed by atoms with Gasteiger partial charge in [-0.1, -0.05) is 12.1 Å². The first-order valence-corrected chi connectivity index (χ1v) is 7.37. The largest absolute Gasteiger partial charge is 0.298 e. The molecule has 0 aliphatic carbocycles. The van der Waals surface area contributed by atoms with Crippen molar-refractivity contribution in [2.24, 2.45) is 0 Å². The summed E-state index contributed by atoms with van der Waals surface area (Å²) in [5.41, 5.74) is 6.60. The van der Waals surface area contributed by atoms with Crippen molar-refractivity contribution in [1.29, 1.82) is 0 Å². The second kappa shape index (κ2) is 6.97. The van der Waals surface area contributed by atoms with E-state index in [1.165, 1.54) is 30.6 Å². The molecule has 2 aromatic carbocycles. The zero-order valence-electron chi connectivity index (χ0n) is 12.3. The Morgan fingerprint density at radius 3 is 2.58 bits per heavy atom. The topological polar surface area (TPSA) is 78.9 Å². The van der Waals surface area contributed by atoms with Crippen molar-refractivity contribution in [2.75, 3.05) is 5.43 Å². The molecule has 3 rings (SSSR count). The first kappa shape index (κ1) is 15.8. The lowest BCUT2D eigenvalue weighted by atomic mass is 10.2. The summed E-state index contributed by atoms with van der Waals surface area (Å²) in [7, 11) is 0. The van der Waals surface area contributed by atoms with Crippen molar-refractivity contribution < 1.29 is 9.18 Å². The molecule has 3 N–H and O–H groups in total. The molecule has 1 aromatic heterocycles. The molecular formula is C16H12FN5OS. The number of hydrazine groups is 1. The number of halogens is 1. The third-order valence-electron chi connectivity index (χ3n) is 3.17. The van der Waals surface area contributed by atoms with Gasteiger partial charge in [0.05, 0.1) is 5.52 Å². The van der Waals surface area contributed by atoms with Gasteiger partial charge in [-0.05, 0) is 48.6 Å². The number of nitrogens with one attached hydrogen (secondary N) is 3. The Kier molecular flexibility index (Phi) is 4.57. The number of amides is 1. The summed E-state index contributed by atoms with van der Waals surface area (Å²) < 4.78 is 12.9. The van der Waals surface area contributed by atoms with Gasteiger partial charge in [-0.3, -0.25) is 21.0 Å². The van der Waals surface area contributed by atoms with E-state index in [0.717, 1.165) is 10.9 Å². The van der Waals surface area contributed by atoms with Gasteiger partial charge in [0.25, 0.3) is 5.91 Å². The molecule has 0 bridgehead atoms. The average molecular weight is 341 g/mol. The number of hydrogen-bond donors (Lipinski definition) is 3. The summed E-state index contributed by atoms with van der Waals surface area (Å²) in [5.74, 6) is -0.328. The maximum absolute atomic E-state index is 12.9. The van der Waals surface area contributed by atoms with Crippen LogP contribution in [-0.2, 0) is 0 Å². The fraction of sp³-hybridized carbons (Fsp3) is 0. The highest BCUT2D eigenvalue weighted by atomic mass is 32.1. The van der Waals surface area contributed by atoms with Gasteiger partial charge in [-0.2, -0.15) is 0 Å². The predicted octanol–water partition coefficient (Wildman–Crippen LogP) is 2.40. The molecule has 6 nitrogen and oxygen atoms in total. The van der Waals surface area contributed by atoms with Gasteiger partial charge in [0, 0.05) is 10.9 Å². The van der Waals surface area contributed by atoms with Gasteiger partial charge < -0.3 is 0 Å². The summed E-state index contributed by atoms with van der Waals surface area (Å²) in [6.45, 7) is 0. The minimum atomic E-state index is -0.443. The molecule has 0 aliphatic rings. The molecule has 0 unspecified atom stereocenters. The van der Waals surface area contributed by atoms with Crippen LogP contribution in [0.5, 0.6) is 0 Å². The number of fused-ring (bicyclic) bond motifs is 1. The Hall–Kier alpha value is -3.13. The molecule has 0 fully saturated rings. The highest BCUT2D eigenvalue weighted by Gasteiger charge is 2.08. The minimum absolute atomic E-state index is 0.0621. The van der Waals surface area contributed by atoms with Gasteiger partial charge in [-0.15, -0.1) is 0 Å². The molecule has 120 valence electrons. The van der Waals surface area contributed by atoms with Crippen LogP contribution in [0, 0.1) is 5.82 Å². The van der Waals surface area contributed by atoms with E-state index in [4.69, 9.17) is 12.2 Å². The molecular weight excluding hydrogens is 329 g/mol. The van der Waals surface area contributed by atoms with Crippen molar-refractivity contribution >= 4 is 40.0 Å². The maximum atomic E-state index is 12.9. The molecule has 0 saturated heterocycles. The molecule has 0 spiro atoms. The lowest BCUT2D eigenvalue weighted by Crippen LogP contribution is -2.42. The van der Waals surface area contributed by atoms with Crippen molar-refractivity contribution in [2.45, 2.75) is 0 Å². The summed E-state index contributed by atoms with van der Waals surface area (Å²) in [6.07, 6.45) is 1.42. The second-order valence-corrected chi connectivity index (χ2v) is 5.19. The number of carbonyl (C=O) groups excluding carboxylic acids is 1. The number of nitrogens with zero attached hydrogens (tertiary/aromatic N) is 2. The molecule has 0 saturated carbocycles. The van der Waals surface area contributed by atoms with Crippen LogP contribution in [-0.4, -0.2) is 21.0 Å². The highest BCUT2D eigenvalue weighted by Crippen LogP contribution is 2.17. The van der Waals surface area contributed by atoms with Gasteiger partial charge in [0.2, 0.25) is 0 Å². The van der Waals surface area contributed by atoms with E-state index < -0.39 is 11.7 Å². The molecule has 1 heterocycles. The SMILES string of the molecule is O=C(NC(=S)NNc1ncnc2ccccc12)c1ccc(F)cc1. The highest BCUT2D eigenvalue weighted by molar-refractivity contribution is 7.80. The van der Waals surface area contributed by atoms with E-state index in [2.05, 4.69) is 26.1 Å². The van der Waals surface area contributed by atoms with Crippen LogP contribution in [0.2, 0.25) is 0 Å². The number of carbonyl (C=O) groups is 1. The van der Waals surface area contributed by atoms with E-state index in [1.807, 2.05) is 24.3 Å². The number of anilines is 1. The van der Waals surface area contributed by atoms with Crippen molar-refractivity contribution in [1.82, 2.24) is 20.7 Å². The van der Waals surface area contributed by atoms with Gasteiger partial charge in [-0.25, -0.2) is 14.4 Å². The third kappa shape index (κ3) is 3.61. The number of thiocarbonyl (C=S) groups is 1. The number of rotatable bonds is 3. The molecule has 0 aliphatic heterocycles. The molecule has 0 radical (unpaired) electrons. The van der Waals surface area contributed by atoms with Crippen LogP contribution in [0.15, 0.2) is 54.9 Å². The zero-order chi connectivity index (χ0) is 16.9. The summed E-state index contributed by atoms with van der Waals surface area (Å²) in [4.78, 5) is 20.3. The molecule has 3 aromatic rings. The fourth-order valence-electron chi connectivity index (χ4n) is 2.03. The van der Waals surface area contributed by atoms with E-state index in [9.17, 15) is 9.18 Å². The van der Waals surface area contributed by atoms with Crippen LogP contribution < -0.4 is 16.2 Å². The smallest absolute Gasteiger partial charge is 0.257 e. The first-order valence-electron chi connectivity index (χ1n) is 6.96. The summed E-state index contributed by atoms with van der Waals surface area (Å²) in [5, 5.41) is 3.35. The lowest BCUT2D eigenvalue weighted by Gasteiger charge is -2.12. The number of benzene rings is 2. The molecule has 8 heteroatoms. The van der Waals surface area contributed by atoms with Crippen molar-refractivity contribution in [3.8, 4) is 0 Å². The fourth-order valence-corrected chi connectivity index (χ4v) is 2.17. The predicted molar refractivity (Wildman–Crippen MR) is 92.8 cm³/mol. The second-order valence-electron chi connectivity index (χ2n) is 4.78. The van der Waals surface area contributed by atoms with Gasteiger partial charge >= 0.3 is 0 Å².